The summed E-state index contributed by atoms with van der Waals surface area (Å²) in [4.78, 5) is 14.3. The van der Waals surface area contributed by atoms with Crippen LogP contribution in [-0.4, -0.2) is 30.4 Å². The van der Waals surface area contributed by atoms with Gasteiger partial charge in [-0.25, -0.2) is 0 Å². The molecule has 100 valence electrons. The molecule has 1 fully saturated rings. The number of para-hydroxylation sites is 1. The van der Waals surface area contributed by atoms with Gasteiger partial charge in [-0.2, -0.15) is 0 Å². The maximum atomic E-state index is 12.2. The molecule has 1 aromatic carbocycles. The quantitative estimate of drug-likeness (QED) is 0.895. The molecule has 4 heteroatoms. The van der Waals surface area contributed by atoms with Crippen LogP contribution in [0.3, 0.4) is 0 Å². The summed E-state index contributed by atoms with van der Waals surface area (Å²) in [5.74, 6) is 0.127. The third-order valence-corrected chi connectivity index (χ3v) is 3.55. The van der Waals surface area contributed by atoms with Crippen molar-refractivity contribution in [2.24, 2.45) is 0 Å². The highest BCUT2D eigenvalue weighted by molar-refractivity contribution is 5.96. The third kappa shape index (κ3) is 3.03. The van der Waals surface area contributed by atoms with Gasteiger partial charge in [-0.1, -0.05) is 18.2 Å². The summed E-state index contributed by atoms with van der Waals surface area (Å²) in [5.41, 5.74) is 3.22. The van der Waals surface area contributed by atoms with Crippen molar-refractivity contribution < 1.29 is 4.79 Å². The number of rotatable bonds is 2. The molecule has 3 nitrogen and oxygen atoms in total. The van der Waals surface area contributed by atoms with E-state index in [-0.39, 0.29) is 24.4 Å². The zero-order valence-corrected chi connectivity index (χ0v) is 12.0. The van der Waals surface area contributed by atoms with E-state index in [9.17, 15) is 4.79 Å². The first-order valence-corrected chi connectivity index (χ1v) is 6.17. The lowest BCUT2D eigenvalue weighted by molar-refractivity contribution is -0.119. The first kappa shape index (κ1) is 15.0. The molecule has 0 saturated carbocycles. The highest BCUT2D eigenvalue weighted by Crippen LogP contribution is 2.22. The van der Waals surface area contributed by atoms with Crippen molar-refractivity contribution in [1.82, 2.24) is 4.90 Å². The summed E-state index contributed by atoms with van der Waals surface area (Å²) in [7, 11) is 2.02. The molecule has 1 aliphatic rings. The van der Waals surface area contributed by atoms with Crippen LogP contribution in [-0.2, 0) is 4.79 Å². The topological polar surface area (TPSA) is 32.3 Å². The number of amides is 1. The lowest BCUT2D eigenvalue weighted by Crippen LogP contribution is -2.37. The molecule has 1 N–H and O–H groups in total. The smallest absolute Gasteiger partial charge is 0.241 e. The van der Waals surface area contributed by atoms with Crippen LogP contribution >= 0.6 is 12.4 Å². The maximum Gasteiger partial charge on any atom is 0.241 e. The van der Waals surface area contributed by atoms with Crippen molar-refractivity contribution in [3.8, 4) is 0 Å². The largest absolute Gasteiger partial charge is 0.324 e. The molecule has 1 saturated heterocycles. The minimum absolute atomic E-state index is 0. The molecular weight excluding hydrogens is 248 g/mol. The second-order valence-electron chi connectivity index (χ2n) is 4.89. The predicted molar refractivity (Wildman–Crippen MR) is 77.4 cm³/mol. The molecule has 0 spiro atoms. The van der Waals surface area contributed by atoms with Gasteiger partial charge >= 0.3 is 0 Å². The number of halogens is 1. The van der Waals surface area contributed by atoms with Crippen molar-refractivity contribution in [2.45, 2.75) is 32.7 Å². The Balaban J connectivity index is 0.00000162. The van der Waals surface area contributed by atoms with Gasteiger partial charge in [-0.15, -0.1) is 12.4 Å². The van der Waals surface area contributed by atoms with Gasteiger partial charge in [0.25, 0.3) is 0 Å². The van der Waals surface area contributed by atoms with Crippen LogP contribution in [0.25, 0.3) is 0 Å². The van der Waals surface area contributed by atoms with E-state index in [4.69, 9.17) is 0 Å². The minimum atomic E-state index is 0. The Morgan fingerprint density at radius 1 is 1.33 bits per heavy atom. The molecule has 0 unspecified atom stereocenters. The van der Waals surface area contributed by atoms with E-state index in [0.29, 0.717) is 0 Å². The number of nitrogens with zero attached hydrogens (tertiary/aromatic N) is 1. The zero-order chi connectivity index (χ0) is 12.4. The van der Waals surface area contributed by atoms with Gasteiger partial charge in [-0.05, 0) is 51.4 Å². The summed E-state index contributed by atoms with van der Waals surface area (Å²) in [6, 6.07) is 6.11. The van der Waals surface area contributed by atoms with Gasteiger partial charge < -0.3 is 5.32 Å². The molecule has 1 aromatic rings. The average molecular weight is 269 g/mol. The van der Waals surface area contributed by atoms with Gasteiger partial charge in [0.2, 0.25) is 5.91 Å². The summed E-state index contributed by atoms with van der Waals surface area (Å²) >= 11 is 0. The van der Waals surface area contributed by atoms with Crippen LogP contribution in [0.1, 0.15) is 24.0 Å². The average Bonchev–Trinajstić information content (AvgIpc) is 2.70. The Bertz CT molecular complexity index is 414. The number of carbonyl (C=O) groups is 1. The predicted octanol–water partition coefficient (Wildman–Crippen LogP) is 2.76. The molecule has 0 aromatic heterocycles. The fourth-order valence-corrected chi connectivity index (χ4v) is 2.46. The molecule has 1 amide bonds. The first-order valence-electron chi connectivity index (χ1n) is 6.17. The van der Waals surface area contributed by atoms with Gasteiger partial charge in [0, 0.05) is 5.69 Å². The Morgan fingerprint density at radius 2 is 1.94 bits per heavy atom. The summed E-state index contributed by atoms with van der Waals surface area (Å²) in [6.45, 7) is 5.08. The second-order valence-corrected chi connectivity index (χ2v) is 4.89. The fraction of sp³-hybridized carbons (Fsp3) is 0.500. The minimum Gasteiger partial charge on any atom is -0.324 e. The number of nitrogens with one attached hydrogen (secondary N) is 1. The Labute approximate surface area is 115 Å². The van der Waals surface area contributed by atoms with E-state index in [1.54, 1.807) is 0 Å². The number of benzene rings is 1. The van der Waals surface area contributed by atoms with Crippen molar-refractivity contribution in [1.29, 1.82) is 0 Å². The fourth-order valence-electron chi connectivity index (χ4n) is 2.46. The zero-order valence-electron chi connectivity index (χ0n) is 11.2. The van der Waals surface area contributed by atoms with Gasteiger partial charge in [0.05, 0.1) is 6.04 Å². The summed E-state index contributed by atoms with van der Waals surface area (Å²) in [6.07, 6.45) is 2.08. The van der Waals surface area contributed by atoms with Gasteiger partial charge in [0.15, 0.2) is 0 Å². The van der Waals surface area contributed by atoms with Crippen molar-refractivity contribution in [3.05, 3.63) is 29.3 Å². The number of likely N-dealkylation sites (N-methyl/N-ethyl adjacent to an activating group) is 1. The number of likely N-dealkylation sites (tertiary alicyclic amines) is 1. The third-order valence-electron chi connectivity index (χ3n) is 3.55. The summed E-state index contributed by atoms with van der Waals surface area (Å²) < 4.78 is 0. The Kier molecular flexibility index (Phi) is 5.17. The number of aryl methyl sites for hydroxylation is 2. The number of carbonyl (C=O) groups excluding carboxylic acids is 1. The molecule has 1 atom stereocenters. The van der Waals surface area contributed by atoms with Gasteiger partial charge in [-0.3, -0.25) is 9.69 Å². The molecule has 2 rings (SSSR count). The highest BCUT2D eigenvalue weighted by Gasteiger charge is 2.28. The molecule has 0 aliphatic carbocycles. The van der Waals surface area contributed by atoms with Crippen LogP contribution in [0.15, 0.2) is 18.2 Å². The Morgan fingerprint density at radius 3 is 2.44 bits per heavy atom. The summed E-state index contributed by atoms with van der Waals surface area (Å²) in [5, 5.41) is 3.07. The maximum absolute atomic E-state index is 12.2. The van der Waals surface area contributed by atoms with E-state index < -0.39 is 0 Å². The van der Waals surface area contributed by atoms with Crippen LogP contribution < -0.4 is 5.32 Å². The molecule has 1 aliphatic heterocycles. The number of anilines is 1. The van der Waals surface area contributed by atoms with Crippen LogP contribution in [0, 0.1) is 13.8 Å². The number of hydrogen-bond acceptors (Lipinski definition) is 2. The van der Waals surface area contributed by atoms with Crippen molar-refractivity contribution in [3.63, 3.8) is 0 Å². The monoisotopic (exact) mass is 268 g/mol. The normalized spacial score (nSPS) is 19.4. The second kappa shape index (κ2) is 6.21. The van der Waals surface area contributed by atoms with E-state index >= 15 is 0 Å². The molecule has 18 heavy (non-hydrogen) atoms. The lowest BCUT2D eigenvalue weighted by atomic mass is 10.1. The van der Waals surface area contributed by atoms with E-state index in [0.717, 1.165) is 36.2 Å². The van der Waals surface area contributed by atoms with E-state index in [2.05, 4.69) is 10.2 Å². The Hall–Kier alpha value is -1.06. The van der Waals surface area contributed by atoms with Gasteiger partial charge in [0.1, 0.15) is 0 Å². The molecular formula is C14H21ClN2O. The highest BCUT2D eigenvalue weighted by atomic mass is 35.5. The van der Waals surface area contributed by atoms with Crippen LogP contribution in [0.5, 0.6) is 0 Å². The van der Waals surface area contributed by atoms with Crippen molar-refractivity contribution in [2.75, 3.05) is 18.9 Å². The first-order chi connectivity index (χ1) is 8.09. The molecule has 1 heterocycles. The van der Waals surface area contributed by atoms with E-state index in [1.807, 2.05) is 39.1 Å². The van der Waals surface area contributed by atoms with Crippen LogP contribution in [0.4, 0.5) is 5.69 Å². The SMILES string of the molecule is Cc1cccc(C)c1NC(=O)[C@@H]1CCCN1C.Cl. The van der Waals surface area contributed by atoms with Crippen LogP contribution in [0.2, 0.25) is 0 Å². The lowest BCUT2D eigenvalue weighted by Gasteiger charge is -2.20. The van der Waals surface area contributed by atoms with E-state index in [1.165, 1.54) is 0 Å². The molecule has 0 bridgehead atoms. The standard InChI is InChI=1S/C14H20N2O.ClH/c1-10-6-4-7-11(2)13(10)15-14(17)12-8-5-9-16(12)3;/h4,6-7,12H,5,8-9H2,1-3H3,(H,15,17);1H/t12-;/m0./s1. The molecule has 0 radical (unpaired) electrons. The van der Waals surface area contributed by atoms with Crippen molar-refractivity contribution >= 4 is 24.0 Å². The number of hydrogen-bond donors (Lipinski definition) is 1.